The number of nitrogens with two attached hydrogens (primary N) is 1. The normalized spacial score (nSPS) is 10.9. The summed E-state index contributed by atoms with van der Waals surface area (Å²) in [6.45, 7) is 0. The molecule has 0 aliphatic rings. The van der Waals surface area contributed by atoms with Crippen LogP contribution in [0.4, 0.5) is 5.69 Å². The standard InChI is InChI=1S/C13H9ClN2S2/c14-8-4-3-5-9(15)12(8)18-13-16-10-6-1-2-7-11(10)17-13/h1-7H,15H2. The molecule has 3 rings (SSSR count). The molecule has 18 heavy (non-hydrogen) atoms. The molecule has 0 spiro atoms. The molecular weight excluding hydrogens is 284 g/mol. The van der Waals surface area contributed by atoms with Crippen LogP contribution < -0.4 is 5.73 Å². The van der Waals surface area contributed by atoms with E-state index in [1.807, 2.05) is 36.4 Å². The van der Waals surface area contributed by atoms with Crippen molar-refractivity contribution in [3.8, 4) is 0 Å². The summed E-state index contributed by atoms with van der Waals surface area (Å²) < 4.78 is 2.13. The van der Waals surface area contributed by atoms with Gasteiger partial charge in [-0.25, -0.2) is 4.98 Å². The third kappa shape index (κ3) is 2.19. The van der Waals surface area contributed by atoms with Gasteiger partial charge in [0, 0.05) is 5.69 Å². The number of thiazole rings is 1. The van der Waals surface area contributed by atoms with E-state index in [1.54, 1.807) is 11.3 Å². The van der Waals surface area contributed by atoms with Crippen molar-refractivity contribution >= 4 is 50.6 Å². The van der Waals surface area contributed by atoms with E-state index < -0.39 is 0 Å². The average Bonchev–Trinajstić information content (AvgIpc) is 2.76. The van der Waals surface area contributed by atoms with Crippen molar-refractivity contribution in [2.24, 2.45) is 0 Å². The quantitative estimate of drug-likeness (QED) is 0.697. The molecule has 0 atom stereocenters. The number of benzene rings is 2. The Morgan fingerprint density at radius 2 is 1.94 bits per heavy atom. The number of halogens is 1. The summed E-state index contributed by atoms with van der Waals surface area (Å²) >= 11 is 9.32. The van der Waals surface area contributed by atoms with Gasteiger partial charge >= 0.3 is 0 Å². The van der Waals surface area contributed by atoms with Gasteiger partial charge in [-0.15, -0.1) is 11.3 Å². The number of fused-ring (bicyclic) bond motifs is 1. The third-order valence-corrected chi connectivity index (χ3v) is 5.14. The maximum atomic E-state index is 6.15. The number of rotatable bonds is 2. The molecule has 1 aromatic heterocycles. The number of nitrogens with zero attached hydrogens (tertiary/aromatic N) is 1. The summed E-state index contributed by atoms with van der Waals surface area (Å²) in [5.41, 5.74) is 7.63. The molecule has 0 amide bonds. The van der Waals surface area contributed by atoms with E-state index in [0.717, 1.165) is 14.8 Å². The van der Waals surface area contributed by atoms with E-state index >= 15 is 0 Å². The lowest BCUT2D eigenvalue weighted by atomic mass is 10.3. The van der Waals surface area contributed by atoms with Crippen molar-refractivity contribution in [2.45, 2.75) is 9.24 Å². The second kappa shape index (κ2) is 4.80. The lowest BCUT2D eigenvalue weighted by molar-refractivity contribution is 1.29. The Morgan fingerprint density at radius 3 is 2.72 bits per heavy atom. The molecular formula is C13H9ClN2S2. The van der Waals surface area contributed by atoms with Gasteiger partial charge < -0.3 is 5.73 Å². The summed E-state index contributed by atoms with van der Waals surface area (Å²) in [6.07, 6.45) is 0. The SMILES string of the molecule is Nc1cccc(Cl)c1Sc1nc2ccccc2s1. The molecule has 0 aliphatic heterocycles. The maximum absolute atomic E-state index is 6.15. The Kier molecular flexibility index (Phi) is 3.16. The van der Waals surface area contributed by atoms with Crippen LogP contribution in [-0.4, -0.2) is 4.98 Å². The molecule has 0 saturated carbocycles. The Bertz CT molecular complexity index is 656. The first-order valence-electron chi connectivity index (χ1n) is 5.31. The van der Waals surface area contributed by atoms with Crippen LogP contribution in [0.1, 0.15) is 0 Å². The monoisotopic (exact) mass is 292 g/mol. The van der Waals surface area contributed by atoms with E-state index in [9.17, 15) is 0 Å². The van der Waals surface area contributed by atoms with Gasteiger partial charge in [0.15, 0.2) is 4.34 Å². The molecule has 0 unspecified atom stereocenters. The first-order valence-corrected chi connectivity index (χ1v) is 7.32. The third-order valence-electron chi connectivity index (χ3n) is 2.46. The molecule has 0 radical (unpaired) electrons. The molecule has 90 valence electrons. The zero-order valence-corrected chi connectivity index (χ0v) is 11.6. The fraction of sp³-hybridized carbons (Fsp3) is 0. The van der Waals surface area contributed by atoms with E-state index in [2.05, 4.69) is 11.1 Å². The van der Waals surface area contributed by atoms with Crippen molar-refractivity contribution in [1.29, 1.82) is 0 Å². The Balaban J connectivity index is 2.01. The van der Waals surface area contributed by atoms with Crippen molar-refractivity contribution in [3.05, 3.63) is 47.5 Å². The summed E-state index contributed by atoms with van der Waals surface area (Å²) in [6, 6.07) is 13.6. The Hall–Kier alpha value is -1.23. The van der Waals surface area contributed by atoms with Crippen molar-refractivity contribution in [1.82, 2.24) is 4.98 Å². The highest BCUT2D eigenvalue weighted by Gasteiger charge is 2.10. The van der Waals surface area contributed by atoms with E-state index in [1.165, 1.54) is 16.5 Å². The zero-order valence-electron chi connectivity index (χ0n) is 9.26. The number of anilines is 1. The number of nitrogen functional groups attached to an aromatic ring is 1. The maximum Gasteiger partial charge on any atom is 0.156 e. The lowest BCUT2D eigenvalue weighted by Crippen LogP contribution is -1.88. The largest absolute Gasteiger partial charge is 0.398 e. The molecule has 0 aliphatic carbocycles. The number of para-hydroxylation sites is 1. The average molecular weight is 293 g/mol. The van der Waals surface area contributed by atoms with E-state index in [0.29, 0.717) is 10.7 Å². The molecule has 1 heterocycles. The smallest absolute Gasteiger partial charge is 0.156 e. The minimum atomic E-state index is 0.666. The Morgan fingerprint density at radius 1 is 1.11 bits per heavy atom. The highest BCUT2D eigenvalue weighted by Crippen LogP contribution is 2.40. The van der Waals surface area contributed by atoms with Gasteiger partial charge in [0.05, 0.1) is 20.1 Å². The second-order valence-electron chi connectivity index (χ2n) is 3.71. The van der Waals surface area contributed by atoms with E-state index in [4.69, 9.17) is 17.3 Å². The molecule has 0 bridgehead atoms. The summed E-state index contributed by atoms with van der Waals surface area (Å²) in [5, 5.41) is 0.666. The molecule has 2 N–H and O–H groups in total. The molecule has 5 heteroatoms. The van der Waals surface area contributed by atoms with Gasteiger partial charge in [-0.2, -0.15) is 0 Å². The van der Waals surface area contributed by atoms with Crippen LogP contribution in [-0.2, 0) is 0 Å². The summed E-state index contributed by atoms with van der Waals surface area (Å²) in [7, 11) is 0. The van der Waals surface area contributed by atoms with Crippen LogP contribution in [0.15, 0.2) is 51.7 Å². The molecule has 0 saturated heterocycles. The van der Waals surface area contributed by atoms with E-state index in [-0.39, 0.29) is 0 Å². The van der Waals surface area contributed by atoms with Gasteiger partial charge in [-0.1, -0.05) is 41.6 Å². The van der Waals surface area contributed by atoms with Gasteiger partial charge in [0.2, 0.25) is 0 Å². The van der Waals surface area contributed by atoms with Crippen LogP contribution in [0.5, 0.6) is 0 Å². The van der Waals surface area contributed by atoms with Gasteiger partial charge in [-0.3, -0.25) is 0 Å². The van der Waals surface area contributed by atoms with Crippen LogP contribution >= 0.6 is 34.7 Å². The topological polar surface area (TPSA) is 38.9 Å². The number of hydrogen-bond donors (Lipinski definition) is 1. The molecule has 3 aromatic rings. The summed E-state index contributed by atoms with van der Waals surface area (Å²) in [5.74, 6) is 0. The van der Waals surface area contributed by atoms with Crippen molar-refractivity contribution in [2.75, 3.05) is 5.73 Å². The molecule has 2 nitrogen and oxygen atoms in total. The number of hydrogen-bond acceptors (Lipinski definition) is 4. The predicted molar refractivity (Wildman–Crippen MR) is 79.6 cm³/mol. The van der Waals surface area contributed by atoms with Crippen LogP contribution in [0.2, 0.25) is 5.02 Å². The minimum Gasteiger partial charge on any atom is -0.398 e. The summed E-state index contributed by atoms with van der Waals surface area (Å²) in [4.78, 5) is 5.43. The van der Waals surface area contributed by atoms with Crippen molar-refractivity contribution in [3.63, 3.8) is 0 Å². The van der Waals surface area contributed by atoms with Gasteiger partial charge in [0.25, 0.3) is 0 Å². The Labute approximate surface area is 118 Å². The minimum absolute atomic E-state index is 0.666. The van der Waals surface area contributed by atoms with Crippen LogP contribution in [0.3, 0.4) is 0 Å². The molecule has 0 fully saturated rings. The highest BCUT2D eigenvalue weighted by molar-refractivity contribution is 8.01. The van der Waals surface area contributed by atoms with Crippen LogP contribution in [0, 0.1) is 0 Å². The first-order chi connectivity index (χ1) is 8.74. The predicted octanol–water partition coefficient (Wildman–Crippen LogP) is 4.68. The first kappa shape index (κ1) is 11.8. The van der Waals surface area contributed by atoms with Gasteiger partial charge in [-0.05, 0) is 24.3 Å². The fourth-order valence-electron chi connectivity index (χ4n) is 1.62. The fourth-order valence-corrected chi connectivity index (χ4v) is 3.97. The number of aromatic nitrogens is 1. The van der Waals surface area contributed by atoms with Gasteiger partial charge in [0.1, 0.15) is 0 Å². The lowest BCUT2D eigenvalue weighted by Gasteiger charge is -2.04. The second-order valence-corrected chi connectivity index (χ2v) is 6.40. The van der Waals surface area contributed by atoms with Crippen molar-refractivity contribution < 1.29 is 0 Å². The van der Waals surface area contributed by atoms with Crippen LogP contribution in [0.25, 0.3) is 10.2 Å². The molecule has 2 aromatic carbocycles. The zero-order chi connectivity index (χ0) is 12.5. The highest BCUT2D eigenvalue weighted by atomic mass is 35.5.